The number of benzene rings is 2. The largest absolute Gasteiger partial charge is 0.489 e. The van der Waals surface area contributed by atoms with Crippen LogP contribution in [0.5, 0.6) is 11.6 Å². The van der Waals surface area contributed by atoms with E-state index in [-0.39, 0.29) is 5.91 Å². The Morgan fingerprint density at radius 2 is 1.73 bits per heavy atom. The van der Waals surface area contributed by atoms with Crippen molar-refractivity contribution in [3.8, 4) is 11.6 Å². The molecule has 1 heterocycles. The second-order valence-corrected chi connectivity index (χ2v) is 5.69. The average Bonchev–Trinajstić information content (AvgIpc) is 2.72. The topological polar surface area (TPSA) is 60.5 Å². The summed E-state index contributed by atoms with van der Waals surface area (Å²) in [6, 6.07) is 20.7. The van der Waals surface area contributed by atoms with Crippen molar-refractivity contribution in [2.75, 3.05) is 7.11 Å². The molecule has 0 spiro atoms. The number of methoxy groups -OCH3 is 1. The monoisotopic (exact) mass is 348 g/mol. The fourth-order valence-electron chi connectivity index (χ4n) is 2.36. The predicted octanol–water partition coefficient (Wildman–Crippen LogP) is 3.60. The van der Waals surface area contributed by atoms with E-state index >= 15 is 0 Å². The summed E-state index contributed by atoms with van der Waals surface area (Å²) in [6.45, 7) is 0.902. The van der Waals surface area contributed by atoms with E-state index < -0.39 is 0 Å². The average molecular weight is 348 g/mol. The van der Waals surface area contributed by atoms with Gasteiger partial charge in [-0.1, -0.05) is 36.4 Å². The van der Waals surface area contributed by atoms with Crippen LogP contribution in [-0.4, -0.2) is 18.0 Å². The molecule has 3 aromatic rings. The molecule has 0 aliphatic carbocycles. The SMILES string of the molecule is COc1ccc(CNC(=O)c2ccc(OCc3ccccc3)cc2)cn1. The molecule has 5 heteroatoms. The van der Waals surface area contributed by atoms with Crippen molar-refractivity contribution >= 4 is 5.91 Å². The summed E-state index contributed by atoms with van der Waals surface area (Å²) in [4.78, 5) is 16.3. The molecule has 5 nitrogen and oxygen atoms in total. The van der Waals surface area contributed by atoms with E-state index in [1.165, 1.54) is 0 Å². The zero-order valence-corrected chi connectivity index (χ0v) is 14.5. The quantitative estimate of drug-likeness (QED) is 0.709. The Morgan fingerprint density at radius 1 is 0.962 bits per heavy atom. The van der Waals surface area contributed by atoms with Crippen molar-refractivity contribution in [2.24, 2.45) is 0 Å². The molecule has 26 heavy (non-hydrogen) atoms. The number of hydrogen-bond acceptors (Lipinski definition) is 4. The first kappa shape index (κ1) is 17.5. The molecule has 0 fully saturated rings. The Balaban J connectivity index is 1.51. The van der Waals surface area contributed by atoms with Crippen LogP contribution in [0.4, 0.5) is 0 Å². The Bertz CT molecular complexity index is 831. The van der Waals surface area contributed by atoms with Crippen LogP contribution in [0.15, 0.2) is 72.9 Å². The van der Waals surface area contributed by atoms with Crippen LogP contribution in [0.25, 0.3) is 0 Å². The third kappa shape index (κ3) is 4.83. The van der Waals surface area contributed by atoms with Crippen molar-refractivity contribution in [3.05, 3.63) is 89.6 Å². The third-order valence-electron chi connectivity index (χ3n) is 3.82. The summed E-state index contributed by atoms with van der Waals surface area (Å²) in [5.74, 6) is 1.13. The smallest absolute Gasteiger partial charge is 0.251 e. The van der Waals surface area contributed by atoms with E-state index in [0.29, 0.717) is 24.6 Å². The number of carbonyl (C=O) groups excluding carboxylic acids is 1. The summed E-state index contributed by atoms with van der Waals surface area (Å²) in [6.07, 6.45) is 1.68. The van der Waals surface area contributed by atoms with E-state index in [1.54, 1.807) is 43.6 Å². The van der Waals surface area contributed by atoms with Crippen LogP contribution in [0.3, 0.4) is 0 Å². The highest BCUT2D eigenvalue weighted by Crippen LogP contribution is 2.14. The zero-order chi connectivity index (χ0) is 18.2. The molecule has 0 unspecified atom stereocenters. The molecule has 0 saturated carbocycles. The highest BCUT2D eigenvalue weighted by molar-refractivity contribution is 5.94. The first-order valence-electron chi connectivity index (χ1n) is 8.28. The Morgan fingerprint density at radius 3 is 2.38 bits per heavy atom. The second-order valence-electron chi connectivity index (χ2n) is 5.69. The van der Waals surface area contributed by atoms with E-state index in [0.717, 1.165) is 16.9 Å². The van der Waals surface area contributed by atoms with E-state index in [2.05, 4.69) is 10.3 Å². The van der Waals surface area contributed by atoms with Gasteiger partial charge in [-0.2, -0.15) is 0 Å². The highest BCUT2D eigenvalue weighted by atomic mass is 16.5. The van der Waals surface area contributed by atoms with E-state index in [9.17, 15) is 4.79 Å². The van der Waals surface area contributed by atoms with Gasteiger partial charge in [-0.25, -0.2) is 4.98 Å². The summed E-state index contributed by atoms with van der Waals surface area (Å²) in [5.41, 5.74) is 2.59. The molecule has 132 valence electrons. The summed E-state index contributed by atoms with van der Waals surface area (Å²) >= 11 is 0. The molecular formula is C21H20N2O3. The summed E-state index contributed by atoms with van der Waals surface area (Å²) in [5, 5.41) is 2.87. The molecule has 0 atom stereocenters. The molecule has 0 bridgehead atoms. The molecule has 0 aliphatic heterocycles. The number of nitrogens with one attached hydrogen (secondary N) is 1. The lowest BCUT2D eigenvalue weighted by Crippen LogP contribution is -2.22. The molecule has 0 radical (unpaired) electrons. The van der Waals surface area contributed by atoms with Crippen LogP contribution >= 0.6 is 0 Å². The van der Waals surface area contributed by atoms with Gasteiger partial charge in [0.25, 0.3) is 5.91 Å². The normalized spacial score (nSPS) is 10.2. The number of pyridine rings is 1. The minimum atomic E-state index is -0.143. The fourth-order valence-corrected chi connectivity index (χ4v) is 2.36. The van der Waals surface area contributed by atoms with Crippen LogP contribution in [0.1, 0.15) is 21.5 Å². The maximum absolute atomic E-state index is 12.2. The van der Waals surface area contributed by atoms with Gasteiger partial charge >= 0.3 is 0 Å². The Kier molecular flexibility index (Phi) is 5.83. The van der Waals surface area contributed by atoms with Crippen molar-refractivity contribution < 1.29 is 14.3 Å². The van der Waals surface area contributed by atoms with Crippen molar-refractivity contribution in [1.29, 1.82) is 0 Å². The molecule has 0 saturated heterocycles. The van der Waals surface area contributed by atoms with Gasteiger partial charge in [0.15, 0.2) is 0 Å². The molecule has 1 N–H and O–H groups in total. The molecule has 1 aromatic heterocycles. The van der Waals surface area contributed by atoms with Crippen molar-refractivity contribution in [1.82, 2.24) is 10.3 Å². The van der Waals surface area contributed by atoms with Crippen LogP contribution in [0, 0.1) is 0 Å². The van der Waals surface area contributed by atoms with Gasteiger partial charge in [0.05, 0.1) is 7.11 Å². The van der Waals surface area contributed by atoms with Crippen molar-refractivity contribution in [2.45, 2.75) is 13.2 Å². The third-order valence-corrected chi connectivity index (χ3v) is 3.82. The predicted molar refractivity (Wildman–Crippen MR) is 99.2 cm³/mol. The number of hydrogen-bond donors (Lipinski definition) is 1. The summed E-state index contributed by atoms with van der Waals surface area (Å²) in [7, 11) is 1.57. The second kappa shape index (κ2) is 8.67. The minimum absolute atomic E-state index is 0.143. The van der Waals surface area contributed by atoms with Gasteiger partial charge in [0.1, 0.15) is 12.4 Å². The van der Waals surface area contributed by atoms with Gasteiger partial charge in [0.2, 0.25) is 5.88 Å². The highest BCUT2D eigenvalue weighted by Gasteiger charge is 2.06. The van der Waals surface area contributed by atoms with E-state index in [1.807, 2.05) is 36.4 Å². The first-order valence-corrected chi connectivity index (χ1v) is 8.28. The van der Waals surface area contributed by atoms with Crippen molar-refractivity contribution in [3.63, 3.8) is 0 Å². The van der Waals surface area contributed by atoms with Crippen LogP contribution in [-0.2, 0) is 13.2 Å². The molecule has 3 rings (SSSR count). The summed E-state index contributed by atoms with van der Waals surface area (Å²) < 4.78 is 10.7. The lowest BCUT2D eigenvalue weighted by molar-refractivity contribution is 0.0951. The van der Waals surface area contributed by atoms with Gasteiger partial charge < -0.3 is 14.8 Å². The number of ether oxygens (including phenoxy) is 2. The molecular weight excluding hydrogens is 328 g/mol. The van der Waals surface area contributed by atoms with Gasteiger partial charge in [0, 0.05) is 24.4 Å². The number of aromatic nitrogens is 1. The standard InChI is InChI=1S/C21H20N2O3/c1-25-20-12-7-17(13-22-20)14-23-21(24)18-8-10-19(11-9-18)26-15-16-5-3-2-4-6-16/h2-13H,14-15H2,1H3,(H,23,24). The first-order chi connectivity index (χ1) is 12.7. The molecule has 0 aliphatic rings. The molecule has 1 amide bonds. The van der Waals surface area contributed by atoms with E-state index in [4.69, 9.17) is 9.47 Å². The maximum Gasteiger partial charge on any atom is 0.251 e. The Hall–Kier alpha value is -3.34. The number of amides is 1. The lowest BCUT2D eigenvalue weighted by atomic mass is 10.2. The maximum atomic E-state index is 12.2. The number of carbonyl (C=O) groups is 1. The van der Waals surface area contributed by atoms with Gasteiger partial charge in [-0.15, -0.1) is 0 Å². The number of nitrogens with zero attached hydrogens (tertiary/aromatic N) is 1. The fraction of sp³-hybridized carbons (Fsp3) is 0.143. The van der Waals surface area contributed by atoms with Crippen LogP contribution < -0.4 is 14.8 Å². The zero-order valence-electron chi connectivity index (χ0n) is 14.5. The van der Waals surface area contributed by atoms with Gasteiger partial charge in [-0.05, 0) is 35.4 Å². The van der Waals surface area contributed by atoms with Crippen LogP contribution in [0.2, 0.25) is 0 Å². The Labute approximate surface area is 152 Å². The minimum Gasteiger partial charge on any atom is -0.489 e. The van der Waals surface area contributed by atoms with Gasteiger partial charge in [-0.3, -0.25) is 4.79 Å². The number of rotatable bonds is 7. The molecule has 2 aromatic carbocycles. The lowest BCUT2D eigenvalue weighted by Gasteiger charge is -2.08.